The Morgan fingerprint density at radius 2 is 2.26 bits per heavy atom. The summed E-state index contributed by atoms with van der Waals surface area (Å²) in [6.45, 7) is 6.45. The molecule has 2 rings (SSSR count). The van der Waals surface area contributed by atoms with E-state index in [0.29, 0.717) is 25.3 Å². The second-order valence-electron chi connectivity index (χ2n) is 5.23. The first-order valence-corrected chi connectivity index (χ1v) is 6.47. The van der Waals surface area contributed by atoms with E-state index >= 15 is 0 Å². The van der Waals surface area contributed by atoms with Crippen molar-refractivity contribution in [2.75, 3.05) is 6.54 Å². The van der Waals surface area contributed by atoms with Gasteiger partial charge in [-0.3, -0.25) is 9.59 Å². The summed E-state index contributed by atoms with van der Waals surface area (Å²) in [5, 5.41) is 6.58. The van der Waals surface area contributed by atoms with Gasteiger partial charge in [0.1, 0.15) is 6.04 Å². The van der Waals surface area contributed by atoms with Crippen LogP contribution in [0.15, 0.2) is 10.6 Å². The zero-order chi connectivity index (χ0) is 14.0. The standard InChI is InChI=1S/C13H19N3O3/c1-8(2)12-13(18)16(5-4-11(17)14-12)7-10-6-9(3)15-19-10/h6,8,12H,4-5,7H2,1-3H3,(H,14,17). The fourth-order valence-corrected chi connectivity index (χ4v) is 2.14. The van der Waals surface area contributed by atoms with E-state index in [0.717, 1.165) is 5.69 Å². The predicted octanol–water partition coefficient (Wildman–Crippen LogP) is 0.856. The van der Waals surface area contributed by atoms with Crippen LogP contribution in [0.5, 0.6) is 0 Å². The highest BCUT2D eigenvalue weighted by molar-refractivity contribution is 5.90. The molecule has 1 aliphatic rings. The molecule has 19 heavy (non-hydrogen) atoms. The average Bonchev–Trinajstić information content (AvgIpc) is 2.69. The van der Waals surface area contributed by atoms with Crippen molar-refractivity contribution in [2.24, 2.45) is 5.92 Å². The molecule has 1 N–H and O–H groups in total. The largest absolute Gasteiger partial charge is 0.359 e. The molecule has 0 aromatic carbocycles. The summed E-state index contributed by atoms with van der Waals surface area (Å²) < 4.78 is 5.13. The monoisotopic (exact) mass is 265 g/mol. The van der Waals surface area contributed by atoms with Crippen molar-refractivity contribution < 1.29 is 14.1 Å². The number of carbonyl (C=O) groups excluding carboxylic acids is 2. The topological polar surface area (TPSA) is 75.4 Å². The van der Waals surface area contributed by atoms with Gasteiger partial charge in [0, 0.05) is 19.0 Å². The summed E-state index contributed by atoms with van der Waals surface area (Å²) in [6.07, 6.45) is 0.322. The van der Waals surface area contributed by atoms with Crippen molar-refractivity contribution in [1.82, 2.24) is 15.4 Å². The number of rotatable bonds is 3. The fraction of sp³-hybridized carbons (Fsp3) is 0.615. The molecule has 6 nitrogen and oxygen atoms in total. The quantitative estimate of drug-likeness (QED) is 0.879. The Kier molecular flexibility index (Phi) is 3.87. The second-order valence-corrected chi connectivity index (χ2v) is 5.23. The molecular weight excluding hydrogens is 246 g/mol. The lowest BCUT2D eigenvalue weighted by molar-refractivity contribution is -0.135. The number of amides is 2. The molecule has 104 valence electrons. The summed E-state index contributed by atoms with van der Waals surface area (Å²) >= 11 is 0. The first-order valence-electron chi connectivity index (χ1n) is 6.47. The second kappa shape index (κ2) is 5.42. The molecule has 0 spiro atoms. The maximum absolute atomic E-state index is 12.4. The summed E-state index contributed by atoms with van der Waals surface area (Å²) in [4.78, 5) is 25.7. The SMILES string of the molecule is Cc1cc(CN2CCC(=O)NC(C(C)C)C2=O)on1. The third-order valence-corrected chi connectivity index (χ3v) is 3.19. The van der Waals surface area contributed by atoms with E-state index < -0.39 is 6.04 Å². The van der Waals surface area contributed by atoms with E-state index in [1.54, 1.807) is 11.0 Å². The molecule has 1 aromatic heterocycles. The third kappa shape index (κ3) is 3.13. The van der Waals surface area contributed by atoms with Crippen LogP contribution < -0.4 is 5.32 Å². The highest BCUT2D eigenvalue weighted by Gasteiger charge is 2.32. The Morgan fingerprint density at radius 1 is 1.53 bits per heavy atom. The fourth-order valence-electron chi connectivity index (χ4n) is 2.14. The summed E-state index contributed by atoms with van der Waals surface area (Å²) in [5.74, 6) is 0.564. The van der Waals surface area contributed by atoms with E-state index in [1.165, 1.54) is 0 Å². The number of nitrogens with one attached hydrogen (secondary N) is 1. The van der Waals surface area contributed by atoms with Gasteiger partial charge >= 0.3 is 0 Å². The molecular formula is C13H19N3O3. The van der Waals surface area contributed by atoms with Crippen LogP contribution in [-0.2, 0) is 16.1 Å². The minimum absolute atomic E-state index is 0.0603. The molecule has 1 atom stereocenters. The molecule has 1 aromatic rings. The van der Waals surface area contributed by atoms with E-state index in [-0.39, 0.29) is 17.7 Å². The van der Waals surface area contributed by atoms with Gasteiger partial charge in [-0.15, -0.1) is 0 Å². The van der Waals surface area contributed by atoms with E-state index in [2.05, 4.69) is 10.5 Å². The lowest BCUT2D eigenvalue weighted by Gasteiger charge is -2.25. The number of carbonyl (C=O) groups is 2. The minimum Gasteiger partial charge on any atom is -0.359 e. The van der Waals surface area contributed by atoms with Gasteiger partial charge in [-0.1, -0.05) is 19.0 Å². The van der Waals surface area contributed by atoms with Crippen molar-refractivity contribution >= 4 is 11.8 Å². The number of aromatic nitrogens is 1. The number of nitrogens with zero attached hydrogens (tertiary/aromatic N) is 2. The van der Waals surface area contributed by atoms with Crippen molar-refractivity contribution in [1.29, 1.82) is 0 Å². The van der Waals surface area contributed by atoms with Crippen LogP contribution in [0.2, 0.25) is 0 Å². The Morgan fingerprint density at radius 3 is 2.84 bits per heavy atom. The molecule has 0 bridgehead atoms. The van der Waals surface area contributed by atoms with Gasteiger partial charge in [0.05, 0.1) is 12.2 Å². The molecule has 1 fully saturated rings. The molecule has 0 saturated carbocycles. The van der Waals surface area contributed by atoms with Crippen molar-refractivity contribution in [3.05, 3.63) is 17.5 Å². The molecule has 1 saturated heterocycles. The molecule has 1 aliphatic heterocycles. The number of aryl methyl sites for hydroxylation is 1. The highest BCUT2D eigenvalue weighted by Crippen LogP contribution is 2.14. The smallest absolute Gasteiger partial charge is 0.245 e. The molecule has 1 unspecified atom stereocenters. The normalized spacial score (nSPS) is 20.6. The van der Waals surface area contributed by atoms with Gasteiger partial charge < -0.3 is 14.7 Å². The summed E-state index contributed by atoms with van der Waals surface area (Å²) in [7, 11) is 0. The van der Waals surface area contributed by atoms with Gasteiger partial charge in [-0.25, -0.2) is 0 Å². The Labute approximate surface area is 112 Å². The van der Waals surface area contributed by atoms with E-state index in [9.17, 15) is 9.59 Å². The van der Waals surface area contributed by atoms with Crippen molar-refractivity contribution in [3.63, 3.8) is 0 Å². The van der Waals surface area contributed by atoms with Crippen molar-refractivity contribution in [3.8, 4) is 0 Å². The van der Waals surface area contributed by atoms with Gasteiger partial charge in [-0.2, -0.15) is 0 Å². The summed E-state index contributed by atoms with van der Waals surface area (Å²) in [5.41, 5.74) is 0.784. The van der Waals surface area contributed by atoms with Crippen LogP contribution in [0.25, 0.3) is 0 Å². The van der Waals surface area contributed by atoms with Crippen LogP contribution in [0.4, 0.5) is 0 Å². The maximum Gasteiger partial charge on any atom is 0.245 e. The van der Waals surface area contributed by atoms with Crippen LogP contribution in [-0.4, -0.2) is 34.5 Å². The zero-order valence-electron chi connectivity index (χ0n) is 11.5. The predicted molar refractivity (Wildman–Crippen MR) is 68.0 cm³/mol. The van der Waals surface area contributed by atoms with Crippen LogP contribution in [0.3, 0.4) is 0 Å². The minimum atomic E-state index is -0.459. The number of hydrogen-bond donors (Lipinski definition) is 1. The van der Waals surface area contributed by atoms with E-state index in [4.69, 9.17) is 4.52 Å². The molecule has 0 aliphatic carbocycles. The molecule has 2 heterocycles. The van der Waals surface area contributed by atoms with Crippen LogP contribution in [0, 0.1) is 12.8 Å². The molecule has 2 amide bonds. The lowest BCUT2D eigenvalue weighted by atomic mass is 10.0. The Balaban J connectivity index is 2.14. The highest BCUT2D eigenvalue weighted by atomic mass is 16.5. The first-order chi connectivity index (χ1) is 8.97. The van der Waals surface area contributed by atoms with Gasteiger partial charge in [0.15, 0.2) is 5.76 Å². The Hall–Kier alpha value is -1.85. The zero-order valence-corrected chi connectivity index (χ0v) is 11.5. The summed E-state index contributed by atoms with van der Waals surface area (Å²) in [6, 6.07) is 1.34. The van der Waals surface area contributed by atoms with Gasteiger partial charge in [-0.05, 0) is 12.8 Å². The maximum atomic E-state index is 12.4. The van der Waals surface area contributed by atoms with Gasteiger partial charge in [0.25, 0.3) is 0 Å². The Bertz CT molecular complexity index is 481. The van der Waals surface area contributed by atoms with Crippen LogP contribution >= 0.6 is 0 Å². The van der Waals surface area contributed by atoms with Crippen LogP contribution in [0.1, 0.15) is 31.7 Å². The molecule has 6 heteroatoms. The lowest BCUT2D eigenvalue weighted by Crippen LogP contribution is -2.47. The first kappa shape index (κ1) is 13.6. The average molecular weight is 265 g/mol. The van der Waals surface area contributed by atoms with Crippen molar-refractivity contribution in [2.45, 2.75) is 39.8 Å². The van der Waals surface area contributed by atoms with E-state index in [1.807, 2.05) is 20.8 Å². The van der Waals surface area contributed by atoms with Gasteiger partial charge in [0.2, 0.25) is 11.8 Å². The number of hydrogen-bond acceptors (Lipinski definition) is 4. The third-order valence-electron chi connectivity index (χ3n) is 3.19. The molecule has 0 radical (unpaired) electrons.